The van der Waals surface area contributed by atoms with Gasteiger partial charge in [-0.15, -0.1) is 0 Å². The molecule has 0 saturated carbocycles. The third-order valence-corrected chi connectivity index (χ3v) is 8.46. The summed E-state index contributed by atoms with van der Waals surface area (Å²) in [5.41, 5.74) is -2.08. The number of piperazine rings is 1. The molecule has 33 heavy (non-hydrogen) atoms. The molecule has 0 radical (unpaired) electrons. The third-order valence-electron chi connectivity index (χ3n) is 7.15. The number of sulfonamides is 1. The second-order valence-corrected chi connectivity index (χ2v) is 11.1. The van der Waals surface area contributed by atoms with Crippen molar-refractivity contribution in [3.05, 3.63) is 58.1 Å². The average Bonchev–Trinajstić information content (AvgIpc) is 2.77. The van der Waals surface area contributed by atoms with E-state index in [4.69, 9.17) is 0 Å². The summed E-state index contributed by atoms with van der Waals surface area (Å²) in [5.74, 6) is -7.98. The van der Waals surface area contributed by atoms with Crippen LogP contribution in [0, 0.1) is 0 Å². The number of benzene rings is 2. The Morgan fingerprint density at radius 3 is 2.06 bits per heavy atom. The molecule has 0 unspecified atom stereocenters. The summed E-state index contributed by atoms with van der Waals surface area (Å²) >= 11 is 0. The fourth-order valence-electron chi connectivity index (χ4n) is 5.26. The van der Waals surface area contributed by atoms with E-state index in [1.54, 1.807) is 6.07 Å². The van der Waals surface area contributed by atoms with E-state index in [1.807, 2.05) is 19.1 Å². The minimum Gasteiger partial charge on any atom is -0.373 e. The van der Waals surface area contributed by atoms with Crippen LogP contribution in [-0.4, -0.2) is 55.2 Å². The molecule has 10 heteroatoms. The van der Waals surface area contributed by atoms with Crippen LogP contribution in [0.5, 0.6) is 0 Å². The molecule has 0 amide bonds. The van der Waals surface area contributed by atoms with Crippen molar-refractivity contribution in [1.82, 2.24) is 9.21 Å². The zero-order chi connectivity index (χ0) is 24.0. The van der Waals surface area contributed by atoms with E-state index in [0.717, 1.165) is 11.1 Å². The van der Waals surface area contributed by atoms with Gasteiger partial charge in [0, 0.05) is 49.4 Å². The lowest BCUT2D eigenvalue weighted by atomic mass is 9.53. The molecule has 1 heterocycles. The van der Waals surface area contributed by atoms with Gasteiger partial charge in [0.25, 0.3) is 0 Å². The van der Waals surface area contributed by atoms with E-state index in [2.05, 4.69) is 4.90 Å². The standard InChI is InChI=1S/C23H24F4N2O3S/c1-3-15-10-14(13-28-6-8-29(9-7-28)33(2,31)32)4-5-17(15)16-11-18-20-19(12-16)23(26,27)21(20,30)22(18,24)25/h4-5,10-12,30H,3,6-9,13H2,1-2H3. The number of aliphatic hydroxyl groups is 1. The van der Waals surface area contributed by atoms with E-state index in [0.29, 0.717) is 44.7 Å². The number of hydrogen-bond acceptors (Lipinski definition) is 4. The fraction of sp³-hybridized carbons (Fsp3) is 0.478. The monoisotopic (exact) mass is 484 g/mol. The van der Waals surface area contributed by atoms with Gasteiger partial charge in [-0.05, 0) is 40.8 Å². The lowest BCUT2D eigenvalue weighted by molar-refractivity contribution is -0.352. The minimum atomic E-state index is -3.99. The first-order chi connectivity index (χ1) is 15.3. The summed E-state index contributed by atoms with van der Waals surface area (Å²) in [6.45, 7) is 4.54. The number of halogens is 4. The van der Waals surface area contributed by atoms with Crippen LogP contribution in [0.2, 0.25) is 0 Å². The highest BCUT2D eigenvalue weighted by molar-refractivity contribution is 7.88. The van der Waals surface area contributed by atoms with Crippen molar-refractivity contribution in [3.63, 3.8) is 0 Å². The second-order valence-electron chi connectivity index (χ2n) is 9.09. The van der Waals surface area contributed by atoms with Gasteiger partial charge in [0.15, 0.2) is 0 Å². The van der Waals surface area contributed by atoms with Gasteiger partial charge in [0.05, 0.1) is 6.26 Å². The molecule has 2 aliphatic carbocycles. The summed E-state index contributed by atoms with van der Waals surface area (Å²) in [5, 5.41) is 9.87. The maximum Gasteiger partial charge on any atom is 0.312 e. The molecule has 1 aliphatic heterocycles. The summed E-state index contributed by atoms with van der Waals surface area (Å²) in [6, 6.07) is 7.96. The molecule has 5 nitrogen and oxygen atoms in total. The van der Waals surface area contributed by atoms with Crippen LogP contribution in [0.1, 0.15) is 34.7 Å². The van der Waals surface area contributed by atoms with Crippen molar-refractivity contribution in [2.24, 2.45) is 0 Å². The molecule has 178 valence electrons. The normalized spacial score (nSPS) is 22.9. The Bertz CT molecular complexity index is 1220. The summed E-state index contributed by atoms with van der Waals surface area (Å²) in [4.78, 5) is 2.14. The largest absolute Gasteiger partial charge is 0.373 e. The highest BCUT2D eigenvalue weighted by atomic mass is 32.2. The van der Waals surface area contributed by atoms with Crippen molar-refractivity contribution in [3.8, 4) is 11.1 Å². The SMILES string of the molecule is CCc1cc(CN2CCN(S(C)(=O)=O)CC2)ccc1-c1cc2c3c(c1)C(F)(F)C3(O)C2(F)F. The maximum atomic E-state index is 14.4. The van der Waals surface area contributed by atoms with Crippen LogP contribution < -0.4 is 0 Å². The van der Waals surface area contributed by atoms with E-state index >= 15 is 0 Å². The van der Waals surface area contributed by atoms with Crippen LogP contribution in [0.25, 0.3) is 11.1 Å². The van der Waals surface area contributed by atoms with E-state index in [-0.39, 0.29) is 11.1 Å². The minimum absolute atomic E-state index is 0.287. The highest BCUT2D eigenvalue weighted by Gasteiger charge is 2.85. The van der Waals surface area contributed by atoms with Crippen LogP contribution in [0.15, 0.2) is 30.3 Å². The number of alkyl halides is 4. The van der Waals surface area contributed by atoms with Crippen molar-refractivity contribution in [2.45, 2.75) is 37.3 Å². The molecular formula is C23H24F4N2O3S. The Morgan fingerprint density at radius 1 is 0.970 bits per heavy atom. The third kappa shape index (κ3) is 2.97. The first-order valence-electron chi connectivity index (χ1n) is 10.8. The predicted octanol–water partition coefficient (Wildman–Crippen LogP) is 3.39. The Kier molecular flexibility index (Phi) is 4.83. The van der Waals surface area contributed by atoms with Crippen molar-refractivity contribution in [1.29, 1.82) is 0 Å². The molecule has 0 bridgehead atoms. The molecule has 0 atom stereocenters. The molecule has 0 aromatic heterocycles. The van der Waals surface area contributed by atoms with Crippen LogP contribution in [-0.2, 0) is 40.4 Å². The second kappa shape index (κ2) is 7.00. The van der Waals surface area contributed by atoms with Gasteiger partial charge in [0.1, 0.15) is 0 Å². The number of nitrogens with zero attached hydrogens (tertiary/aromatic N) is 2. The summed E-state index contributed by atoms with van der Waals surface area (Å²) in [7, 11) is -3.21. The topological polar surface area (TPSA) is 60.9 Å². The lowest BCUT2D eigenvalue weighted by Gasteiger charge is -2.58. The van der Waals surface area contributed by atoms with E-state index < -0.39 is 38.6 Å². The van der Waals surface area contributed by atoms with Gasteiger partial charge < -0.3 is 5.11 Å². The first kappa shape index (κ1) is 22.8. The zero-order valence-electron chi connectivity index (χ0n) is 18.2. The van der Waals surface area contributed by atoms with Gasteiger partial charge in [0.2, 0.25) is 15.6 Å². The molecule has 3 aliphatic rings. The molecular weight excluding hydrogens is 460 g/mol. The zero-order valence-corrected chi connectivity index (χ0v) is 19.0. The molecule has 2 aromatic rings. The molecule has 1 saturated heterocycles. The fourth-order valence-corrected chi connectivity index (χ4v) is 6.08. The average molecular weight is 485 g/mol. The Hall–Kier alpha value is -2.01. The van der Waals surface area contributed by atoms with Crippen molar-refractivity contribution in [2.75, 3.05) is 32.4 Å². The van der Waals surface area contributed by atoms with E-state index in [1.165, 1.54) is 22.7 Å². The Balaban J connectivity index is 1.41. The predicted molar refractivity (Wildman–Crippen MR) is 115 cm³/mol. The molecule has 1 fully saturated rings. The summed E-state index contributed by atoms with van der Waals surface area (Å²) in [6.07, 6.45) is 1.77. The molecule has 1 N–H and O–H groups in total. The highest BCUT2D eigenvalue weighted by Crippen LogP contribution is 2.75. The lowest BCUT2D eigenvalue weighted by Crippen LogP contribution is -2.70. The smallest absolute Gasteiger partial charge is 0.312 e. The van der Waals surface area contributed by atoms with Gasteiger partial charge in [-0.1, -0.05) is 25.1 Å². The summed E-state index contributed by atoms with van der Waals surface area (Å²) < 4.78 is 82.3. The van der Waals surface area contributed by atoms with Gasteiger partial charge in [-0.2, -0.15) is 21.9 Å². The molecule has 2 aromatic carbocycles. The Labute approximate surface area is 189 Å². The van der Waals surface area contributed by atoms with Crippen molar-refractivity contribution >= 4 is 10.0 Å². The van der Waals surface area contributed by atoms with E-state index in [9.17, 15) is 31.1 Å². The van der Waals surface area contributed by atoms with Gasteiger partial charge in [-0.25, -0.2) is 8.42 Å². The maximum absolute atomic E-state index is 14.4. The first-order valence-corrected chi connectivity index (χ1v) is 12.6. The molecule has 5 rings (SSSR count). The van der Waals surface area contributed by atoms with Crippen molar-refractivity contribution < 1.29 is 31.1 Å². The Morgan fingerprint density at radius 2 is 1.55 bits per heavy atom. The van der Waals surface area contributed by atoms with Crippen LogP contribution >= 0.6 is 0 Å². The van der Waals surface area contributed by atoms with Crippen LogP contribution in [0.3, 0.4) is 0 Å². The number of aryl methyl sites for hydroxylation is 1. The number of hydrogen-bond donors (Lipinski definition) is 1. The molecule has 0 spiro atoms. The quantitative estimate of drug-likeness (QED) is 0.661. The number of rotatable bonds is 5. The van der Waals surface area contributed by atoms with Gasteiger partial charge in [-0.3, -0.25) is 4.90 Å². The van der Waals surface area contributed by atoms with Crippen LogP contribution in [0.4, 0.5) is 17.6 Å². The van der Waals surface area contributed by atoms with Gasteiger partial charge >= 0.3 is 11.8 Å².